The molecule has 0 spiro atoms. The van der Waals surface area contributed by atoms with Crippen molar-refractivity contribution in [1.29, 1.82) is 0 Å². The minimum Gasteiger partial charge on any atom is -0.497 e. The van der Waals surface area contributed by atoms with Gasteiger partial charge in [-0.25, -0.2) is 4.98 Å². The van der Waals surface area contributed by atoms with E-state index >= 15 is 0 Å². The van der Waals surface area contributed by atoms with Gasteiger partial charge in [0.05, 0.1) is 20.3 Å². The SMILES string of the molecule is COc1cccc(-c2noc([C@@H]3CN(C(=O)c4cn5ccc(C)cc5n4)CCO3)n2)c1. The lowest BCUT2D eigenvalue weighted by Gasteiger charge is -2.30. The van der Waals surface area contributed by atoms with Crippen LogP contribution in [0, 0.1) is 6.92 Å². The van der Waals surface area contributed by atoms with E-state index in [0.717, 1.165) is 16.8 Å². The van der Waals surface area contributed by atoms with Crippen LogP contribution >= 0.6 is 0 Å². The van der Waals surface area contributed by atoms with Crippen molar-refractivity contribution in [3.05, 3.63) is 65.9 Å². The van der Waals surface area contributed by atoms with Gasteiger partial charge < -0.3 is 23.3 Å². The average Bonchev–Trinajstić information content (AvgIpc) is 3.46. The Labute approximate surface area is 178 Å². The molecule has 0 aliphatic carbocycles. The molecule has 158 valence electrons. The van der Waals surface area contributed by atoms with Crippen LogP contribution in [0.25, 0.3) is 17.0 Å². The van der Waals surface area contributed by atoms with E-state index in [-0.39, 0.29) is 5.91 Å². The largest absolute Gasteiger partial charge is 0.497 e. The molecule has 1 amide bonds. The summed E-state index contributed by atoms with van der Waals surface area (Å²) in [5.74, 6) is 1.33. The summed E-state index contributed by atoms with van der Waals surface area (Å²) in [4.78, 5) is 23.7. The molecular formula is C22H21N5O4. The number of ether oxygens (including phenoxy) is 2. The highest BCUT2D eigenvalue weighted by molar-refractivity contribution is 5.93. The molecule has 5 rings (SSSR count). The molecule has 1 aromatic carbocycles. The number of rotatable bonds is 4. The van der Waals surface area contributed by atoms with Gasteiger partial charge in [0, 0.05) is 24.5 Å². The third-order valence-corrected chi connectivity index (χ3v) is 5.23. The van der Waals surface area contributed by atoms with Gasteiger partial charge in [0.15, 0.2) is 6.10 Å². The smallest absolute Gasteiger partial charge is 0.274 e. The van der Waals surface area contributed by atoms with E-state index in [1.165, 1.54) is 0 Å². The van der Waals surface area contributed by atoms with E-state index in [2.05, 4.69) is 15.1 Å². The van der Waals surface area contributed by atoms with Gasteiger partial charge in [-0.2, -0.15) is 4.98 Å². The molecule has 31 heavy (non-hydrogen) atoms. The van der Waals surface area contributed by atoms with Crippen LogP contribution in [0.1, 0.15) is 28.0 Å². The number of carbonyl (C=O) groups is 1. The van der Waals surface area contributed by atoms with Gasteiger partial charge in [0.25, 0.3) is 11.8 Å². The molecule has 0 radical (unpaired) electrons. The van der Waals surface area contributed by atoms with E-state index in [9.17, 15) is 4.79 Å². The highest BCUT2D eigenvalue weighted by atomic mass is 16.5. The first-order valence-electron chi connectivity index (χ1n) is 9.95. The summed E-state index contributed by atoms with van der Waals surface area (Å²) in [7, 11) is 1.60. The number of carbonyl (C=O) groups excluding carboxylic acids is 1. The van der Waals surface area contributed by atoms with Gasteiger partial charge >= 0.3 is 0 Å². The Morgan fingerprint density at radius 3 is 3.00 bits per heavy atom. The molecule has 0 bridgehead atoms. The van der Waals surface area contributed by atoms with Crippen molar-refractivity contribution in [2.45, 2.75) is 13.0 Å². The fourth-order valence-electron chi connectivity index (χ4n) is 3.58. The zero-order valence-electron chi connectivity index (χ0n) is 17.2. The van der Waals surface area contributed by atoms with Crippen molar-refractivity contribution in [3.63, 3.8) is 0 Å². The first-order valence-corrected chi connectivity index (χ1v) is 9.95. The number of hydrogen-bond acceptors (Lipinski definition) is 7. The molecule has 1 atom stereocenters. The van der Waals surface area contributed by atoms with Gasteiger partial charge in [-0.1, -0.05) is 17.3 Å². The van der Waals surface area contributed by atoms with Crippen molar-refractivity contribution in [2.24, 2.45) is 0 Å². The second-order valence-corrected chi connectivity index (χ2v) is 7.39. The maximum absolute atomic E-state index is 13.0. The number of amides is 1. The maximum Gasteiger partial charge on any atom is 0.274 e. The van der Waals surface area contributed by atoms with Gasteiger partial charge in [-0.15, -0.1) is 0 Å². The number of fused-ring (bicyclic) bond motifs is 1. The van der Waals surface area contributed by atoms with Crippen LogP contribution in [0.3, 0.4) is 0 Å². The van der Waals surface area contributed by atoms with Gasteiger partial charge in [-0.3, -0.25) is 4.79 Å². The summed E-state index contributed by atoms with van der Waals surface area (Å²) < 4.78 is 18.3. The monoisotopic (exact) mass is 419 g/mol. The highest BCUT2D eigenvalue weighted by Gasteiger charge is 2.31. The van der Waals surface area contributed by atoms with E-state index in [0.29, 0.717) is 42.9 Å². The highest BCUT2D eigenvalue weighted by Crippen LogP contribution is 2.26. The predicted molar refractivity (Wildman–Crippen MR) is 111 cm³/mol. The number of methoxy groups -OCH3 is 1. The molecule has 1 aliphatic rings. The van der Waals surface area contributed by atoms with Crippen molar-refractivity contribution in [1.82, 2.24) is 24.4 Å². The number of hydrogen-bond donors (Lipinski definition) is 0. The summed E-state index contributed by atoms with van der Waals surface area (Å²) in [6, 6.07) is 11.3. The zero-order valence-corrected chi connectivity index (χ0v) is 17.2. The molecule has 0 unspecified atom stereocenters. The number of pyridine rings is 1. The third-order valence-electron chi connectivity index (χ3n) is 5.23. The third kappa shape index (κ3) is 3.75. The van der Waals surface area contributed by atoms with Gasteiger partial charge in [0.2, 0.25) is 5.82 Å². The summed E-state index contributed by atoms with van der Waals surface area (Å²) in [5, 5.41) is 4.06. The predicted octanol–water partition coefficient (Wildman–Crippen LogP) is 2.92. The Kier molecular flexibility index (Phi) is 4.87. The number of imidazole rings is 1. The van der Waals surface area contributed by atoms with Crippen LogP contribution in [0.2, 0.25) is 0 Å². The average molecular weight is 419 g/mol. The minimum absolute atomic E-state index is 0.151. The maximum atomic E-state index is 13.0. The Balaban J connectivity index is 1.34. The standard InChI is InChI=1S/C22H21N5O4/c1-14-6-7-26-12-17(23-19(26)10-14)22(28)27-8-9-30-18(13-27)21-24-20(25-31-21)15-4-3-5-16(11-15)29-2/h3-7,10-12,18H,8-9,13H2,1-2H3/t18-/m0/s1. The molecule has 1 fully saturated rings. The lowest BCUT2D eigenvalue weighted by Crippen LogP contribution is -2.42. The Morgan fingerprint density at radius 2 is 2.13 bits per heavy atom. The van der Waals surface area contributed by atoms with Crippen molar-refractivity contribution < 1.29 is 18.8 Å². The number of nitrogens with zero attached hydrogens (tertiary/aromatic N) is 5. The number of morpholine rings is 1. The fourth-order valence-corrected chi connectivity index (χ4v) is 3.58. The van der Waals surface area contributed by atoms with Crippen LogP contribution in [0.4, 0.5) is 0 Å². The van der Waals surface area contributed by atoms with E-state index < -0.39 is 6.10 Å². The van der Waals surface area contributed by atoms with E-state index in [1.807, 2.05) is 53.9 Å². The van der Waals surface area contributed by atoms with E-state index in [4.69, 9.17) is 14.0 Å². The van der Waals surface area contributed by atoms with Crippen LogP contribution < -0.4 is 4.74 Å². The Hall–Kier alpha value is -3.72. The molecule has 4 aromatic rings. The zero-order chi connectivity index (χ0) is 21.4. The molecule has 1 aliphatic heterocycles. The Bertz CT molecular complexity index is 1250. The fraction of sp³-hybridized carbons (Fsp3) is 0.273. The lowest BCUT2D eigenvalue weighted by atomic mass is 10.2. The summed E-state index contributed by atoms with van der Waals surface area (Å²) in [5.41, 5.74) is 3.01. The summed E-state index contributed by atoms with van der Waals surface area (Å²) in [6.07, 6.45) is 3.15. The molecule has 3 aromatic heterocycles. The van der Waals surface area contributed by atoms with Crippen molar-refractivity contribution in [2.75, 3.05) is 26.8 Å². The minimum atomic E-state index is -0.496. The molecule has 0 N–H and O–H groups in total. The molecule has 0 saturated carbocycles. The lowest BCUT2D eigenvalue weighted by molar-refractivity contribution is -0.0368. The first kappa shape index (κ1) is 19.3. The normalized spacial score (nSPS) is 16.6. The van der Waals surface area contributed by atoms with Crippen LogP contribution in [0.5, 0.6) is 5.75 Å². The van der Waals surface area contributed by atoms with Crippen molar-refractivity contribution in [3.8, 4) is 17.1 Å². The van der Waals surface area contributed by atoms with E-state index in [1.54, 1.807) is 18.2 Å². The first-order chi connectivity index (χ1) is 15.1. The summed E-state index contributed by atoms with van der Waals surface area (Å²) >= 11 is 0. The van der Waals surface area contributed by atoms with Crippen LogP contribution in [0.15, 0.2) is 53.3 Å². The van der Waals surface area contributed by atoms with Gasteiger partial charge in [0.1, 0.15) is 17.1 Å². The second kappa shape index (κ2) is 7.84. The molecule has 9 nitrogen and oxygen atoms in total. The molecular weight excluding hydrogens is 398 g/mol. The number of aryl methyl sites for hydroxylation is 1. The number of aromatic nitrogens is 4. The molecule has 9 heteroatoms. The van der Waals surface area contributed by atoms with Crippen molar-refractivity contribution >= 4 is 11.6 Å². The number of benzene rings is 1. The molecule has 4 heterocycles. The van der Waals surface area contributed by atoms with Crippen LogP contribution in [-0.2, 0) is 4.74 Å². The Morgan fingerprint density at radius 1 is 1.23 bits per heavy atom. The van der Waals surface area contributed by atoms with Gasteiger partial charge in [-0.05, 0) is 36.8 Å². The summed E-state index contributed by atoms with van der Waals surface area (Å²) in [6.45, 7) is 3.15. The quantitative estimate of drug-likeness (QED) is 0.502. The topological polar surface area (TPSA) is 95.0 Å². The van der Waals surface area contributed by atoms with Crippen LogP contribution in [-0.4, -0.2) is 57.1 Å². The second-order valence-electron chi connectivity index (χ2n) is 7.39. The molecule has 1 saturated heterocycles.